The van der Waals surface area contributed by atoms with Gasteiger partial charge in [0.15, 0.2) is 17.4 Å². The standard InChI is InChI=1S/C14H14ClFN2O/c1-3-4-10-8-13(15)18-14(17-10)9-5-6-11(16)12(7-9)19-2/h5-8H,3-4H2,1-2H3. The van der Waals surface area contributed by atoms with E-state index in [1.165, 1.54) is 13.2 Å². The molecular weight excluding hydrogens is 267 g/mol. The highest BCUT2D eigenvalue weighted by atomic mass is 35.5. The summed E-state index contributed by atoms with van der Waals surface area (Å²) in [6.45, 7) is 2.07. The van der Waals surface area contributed by atoms with Crippen molar-refractivity contribution in [2.75, 3.05) is 7.11 Å². The number of halogens is 2. The van der Waals surface area contributed by atoms with Crippen molar-refractivity contribution in [1.82, 2.24) is 9.97 Å². The van der Waals surface area contributed by atoms with Gasteiger partial charge in [-0.1, -0.05) is 24.9 Å². The molecule has 5 heteroatoms. The zero-order chi connectivity index (χ0) is 13.8. The summed E-state index contributed by atoms with van der Waals surface area (Å²) in [7, 11) is 1.42. The molecule has 0 fully saturated rings. The van der Waals surface area contributed by atoms with Crippen LogP contribution in [0.15, 0.2) is 24.3 Å². The fraction of sp³-hybridized carbons (Fsp3) is 0.286. The zero-order valence-electron chi connectivity index (χ0n) is 10.8. The van der Waals surface area contributed by atoms with Gasteiger partial charge in [0.1, 0.15) is 5.15 Å². The predicted octanol–water partition coefficient (Wildman–Crippen LogP) is 3.90. The van der Waals surface area contributed by atoms with Crippen molar-refractivity contribution in [2.24, 2.45) is 0 Å². The first-order chi connectivity index (χ1) is 9.13. The van der Waals surface area contributed by atoms with Crippen LogP contribution in [-0.2, 0) is 6.42 Å². The lowest BCUT2D eigenvalue weighted by molar-refractivity contribution is 0.386. The van der Waals surface area contributed by atoms with Crippen LogP contribution in [0.5, 0.6) is 5.75 Å². The Morgan fingerprint density at radius 3 is 2.74 bits per heavy atom. The van der Waals surface area contributed by atoms with Crippen LogP contribution in [-0.4, -0.2) is 17.1 Å². The number of hydrogen-bond acceptors (Lipinski definition) is 3. The van der Waals surface area contributed by atoms with Gasteiger partial charge in [0.2, 0.25) is 0 Å². The number of aromatic nitrogens is 2. The van der Waals surface area contributed by atoms with E-state index in [1.807, 2.05) is 0 Å². The van der Waals surface area contributed by atoms with E-state index in [9.17, 15) is 4.39 Å². The summed E-state index contributed by atoms with van der Waals surface area (Å²) in [5, 5.41) is 0.386. The molecule has 1 aromatic heterocycles. The smallest absolute Gasteiger partial charge is 0.165 e. The second kappa shape index (κ2) is 5.97. The van der Waals surface area contributed by atoms with Crippen LogP contribution in [0.4, 0.5) is 4.39 Å². The van der Waals surface area contributed by atoms with Crippen LogP contribution in [0.1, 0.15) is 19.0 Å². The zero-order valence-corrected chi connectivity index (χ0v) is 11.5. The number of methoxy groups -OCH3 is 1. The molecule has 0 N–H and O–H groups in total. The second-order valence-corrected chi connectivity index (χ2v) is 4.49. The van der Waals surface area contributed by atoms with E-state index in [2.05, 4.69) is 16.9 Å². The van der Waals surface area contributed by atoms with Crippen molar-refractivity contribution >= 4 is 11.6 Å². The van der Waals surface area contributed by atoms with Gasteiger partial charge in [0.25, 0.3) is 0 Å². The Kier molecular flexibility index (Phi) is 4.32. The Bertz CT molecular complexity index is 590. The highest BCUT2D eigenvalue weighted by Gasteiger charge is 2.09. The van der Waals surface area contributed by atoms with Crippen molar-refractivity contribution in [3.63, 3.8) is 0 Å². The van der Waals surface area contributed by atoms with Crippen LogP contribution in [0.25, 0.3) is 11.4 Å². The third-order valence-corrected chi connectivity index (χ3v) is 2.86. The highest BCUT2D eigenvalue weighted by Crippen LogP contribution is 2.25. The molecule has 2 aromatic rings. The van der Waals surface area contributed by atoms with Gasteiger partial charge < -0.3 is 4.74 Å². The van der Waals surface area contributed by atoms with E-state index in [-0.39, 0.29) is 5.75 Å². The minimum absolute atomic E-state index is 0.165. The molecule has 0 aliphatic carbocycles. The number of ether oxygens (including phenoxy) is 1. The summed E-state index contributed by atoms with van der Waals surface area (Å²) in [5.74, 6) is 0.231. The maximum Gasteiger partial charge on any atom is 0.165 e. The van der Waals surface area contributed by atoms with Crippen LogP contribution in [0.2, 0.25) is 5.15 Å². The van der Waals surface area contributed by atoms with Crippen LogP contribution >= 0.6 is 11.6 Å². The molecule has 0 saturated heterocycles. The minimum Gasteiger partial charge on any atom is -0.494 e. The summed E-state index contributed by atoms with van der Waals surface area (Å²) >= 11 is 5.98. The van der Waals surface area contributed by atoms with Crippen molar-refractivity contribution in [1.29, 1.82) is 0 Å². The average Bonchev–Trinajstić information content (AvgIpc) is 2.39. The fourth-order valence-corrected chi connectivity index (χ4v) is 1.98. The predicted molar refractivity (Wildman–Crippen MR) is 73.0 cm³/mol. The number of benzene rings is 1. The van der Waals surface area contributed by atoms with E-state index >= 15 is 0 Å². The fourth-order valence-electron chi connectivity index (χ4n) is 1.78. The van der Waals surface area contributed by atoms with E-state index in [0.29, 0.717) is 16.5 Å². The molecule has 2 rings (SSSR count). The molecule has 1 heterocycles. The van der Waals surface area contributed by atoms with Crippen LogP contribution < -0.4 is 4.74 Å². The summed E-state index contributed by atoms with van der Waals surface area (Å²) in [6.07, 6.45) is 1.80. The Morgan fingerprint density at radius 2 is 2.05 bits per heavy atom. The van der Waals surface area contributed by atoms with Crippen molar-refractivity contribution in [2.45, 2.75) is 19.8 Å². The first-order valence-corrected chi connectivity index (χ1v) is 6.39. The molecule has 0 saturated carbocycles. The topological polar surface area (TPSA) is 35.0 Å². The SMILES string of the molecule is CCCc1cc(Cl)nc(-c2ccc(F)c(OC)c2)n1. The maximum atomic E-state index is 13.4. The van der Waals surface area contributed by atoms with Gasteiger partial charge in [-0.15, -0.1) is 0 Å². The summed E-state index contributed by atoms with van der Waals surface area (Å²) in [5.41, 5.74) is 1.55. The number of hydrogen-bond donors (Lipinski definition) is 0. The molecule has 0 unspecified atom stereocenters. The molecule has 3 nitrogen and oxygen atoms in total. The quantitative estimate of drug-likeness (QED) is 0.797. The van der Waals surface area contributed by atoms with Crippen molar-refractivity contribution in [3.05, 3.63) is 40.9 Å². The van der Waals surface area contributed by atoms with Gasteiger partial charge in [-0.25, -0.2) is 14.4 Å². The molecule has 1 aromatic carbocycles. The Hall–Kier alpha value is -1.68. The van der Waals surface area contributed by atoms with Crippen molar-refractivity contribution < 1.29 is 9.13 Å². The first kappa shape index (κ1) is 13.7. The molecule has 0 amide bonds. The largest absolute Gasteiger partial charge is 0.494 e. The molecule has 0 atom stereocenters. The molecule has 19 heavy (non-hydrogen) atoms. The molecule has 0 aliphatic rings. The Morgan fingerprint density at radius 1 is 1.26 bits per heavy atom. The number of aryl methyl sites for hydroxylation is 1. The van der Waals surface area contributed by atoms with E-state index in [0.717, 1.165) is 18.5 Å². The molecule has 0 spiro atoms. The maximum absolute atomic E-state index is 13.4. The lowest BCUT2D eigenvalue weighted by Crippen LogP contribution is -1.97. The molecular formula is C14H14ClFN2O. The van der Waals surface area contributed by atoms with Crippen LogP contribution in [0.3, 0.4) is 0 Å². The Balaban J connectivity index is 2.46. The monoisotopic (exact) mass is 280 g/mol. The average molecular weight is 281 g/mol. The van der Waals surface area contributed by atoms with Crippen LogP contribution in [0, 0.1) is 5.82 Å². The summed E-state index contributed by atoms with van der Waals surface area (Å²) in [6, 6.07) is 6.25. The second-order valence-electron chi connectivity index (χ2n) is 4.10. The molecule has 0 aliphatic heterocycles. The minimum atomic E-state index is -0.415. The summed E-state index contributed by atoms with van der Waals surface area (Å²) in [4.78, 5) is 8.59. The third kappa shape index (κ3) is 3.20. The number of rotatable bonds is 4. The van der Waals surface area contributed by atoms with Gasteiger partial charge in [-0.2, -0.15) is 0 Å². The van der Waals surface area contributed by atoms with E-state index < -0.39 is 5.82 Å². The highest BCUT2D eigenvalue weighted by molar-refractivity contribution is 6.29. The van der Waals surface area contributed by atoms with E-state index in [4.69, 9.17) is 16.3 Å². The van der Waals surface area contributed by atoms with Gasteiger partial charge in [-0.3, -0.25) is 0 Å². The Labute approximate surface area is 116 Å². The summed E-state index contributed by atoms with van der Waals surface area (Å²) < 4.78 is 18.3. The molecule has 0 bridgehead atoms. The molecule has 100 valence electrons. The normalized spacial score (nSPS) is 10.5. The van der Waals surface area contributed by atoms with E-state index in [1.54, 1.807) is 18.2 Å². The van der Waals surface area contributed by atoms with Crippen molar-refractivity contribution in [3.8, 4) is 17.1 Å². The van der Waals surface area contributed by atoms with Gasteiger partial charge in [-0.05, 0) is 30.7 Å². The lowest BCUT2D eigenvalue weighted by Gasteiger charge is -2.07. The van der Waals surface area contributed by atoms with Gasteiger partial charge >= 0.3 is 0 Å². The number of nitrogens with zero attached hydrogens (tertiary/aromatic N) is 2. The van der Waals surface area contributed by atoms with Gasteiger partial charge in [0, 0.05) is 11.3 Å². The molecule has 0 radical (unpaired) electrons. The third-order valence-electron chi connectivity index (χ3n) is 2.66. The van der Waals surface area contributed by atoms with Gasteiger partial charge in [0.05, 0.1) is 7.11 Å². The lowest BCUT2D eigenvalue weighted by atomic mass is 10.2. The first-order valence-electron chi connectivity index (χ1n) is 6.01.